The molecule has 59 heavy (non-hydrogen) atoms. The zero-order chi connectivity index (χ0) is 38.9. The van der Waals surface area contributed by atoms with Gasteiger partial charge in [-0.1, -0.05) is 140 Å². The molecule has 0 atom stereocenters. The number of hydrogen-bond acceptors (Lipinski definition) is 2. The zero-order valence-corrected chi connectivity index (χ0v) is 32.1. The van der Waals surface area contributed by atoms with E-state index in [0.29, 0.717) is 0 Å². The molecule has 0 amide bonds. The van der Waals surface area contributed by atoms with Crippen LogP contribution in [0.5, 0.6) is 0 Å². The van der Waals surface area contributed by atoms with Gasteiger partial charge >= 0.3 is 0 Å². The van der Waals surface area contributed by atoms with Crippen molar-refractivity contribution in [2.75, 3.05) is 4.90 Å². The van der Waals surface area contributed by atoms with E-state index in [0.717, 1.165) is 55.8 Å². The van der Waals surface area contributed by atoms with Crippen molar-refractivity contribution >= 4 is 82.4 Å². The number of nitrogens with zero attached hydrogens (tertiary/aromatic N) is 2. The molecule has 0 saturated carbocycles. The molecule has 0 bridgehead atoms. The lowest BCUT2D eigenvalue weighted by Crippen LogP contribution is -2.10. The number of furan rings is 1. The Labute approximate surface area is 341 Å². The first-order chi connectivity index (χ1) is 29.3. The van der Waals surface area contributed by atoms with Crippen LogP contribution in [0.25, 0.3) is 93.2 Å². The summed E-state index contributed by atoms with van der Waals surface area (Å²) in [5.41, 5.74) is 13.3. The molecule has 0 aliphatic rings. The number of aromatic nitrogens is 1. The Hall–Kier alpha value is -7.88. The van der Waals surface area contributed by atoms with Gasteiger partial charge in [0.15, 0.2) is 0 Å². The van der Waals surface area contributed by atoms with Crippen molar-refractivity contribution in [1.29, 1.82) is 0 Å². The van der Waals surface area contributed by atoms with Crippen LogP contribution in [-0.4, -0.2) is 4.57 Å². The summed E-state index contributed by atoms with van der Waals surface area (Å²) in [4.78, 5) is 2.36. The fraction of sp³-hybridized carbons (Fsp3) is 0. The molecule has 3 heteroatoms. The minimum atomic E-state index is 0.900. The highest BCUT2D eigenvalue weighted by atomic mass is 16.3. The van der Waals surface area contributed by atoms with Crippen LogP contribution in [0.4, 0.5) is 17.1 Å². The molecule has 10 aromatic carbocycles. The van der Waals surface area contributed by atoms with Gasteiger partial charge in [-0.05, 0) is 123 Å². The molecule has 0 aliphatic carbocycles. The second-order valence-electron chi connectivity index (χ2n) is 15.3. The summed E-state index contributed by atoms with van der Waals surface area (Å²) in [5.74, 6) is 0. The van der Waals surface area contributed by atoms with E-state index in [1.54, 1.807) is 0 Å². The van der Waals surface area contributed by atoms with E-state index in [-0.39, 0.29) is 0 Å². The van der Waals surface area contributed by atoms with Crippen molar-refractivity contribution in [1.82, 2.24) is 4.57 Å². The van der Waals surface area contributed by atoms with E-state index >= 15 is 0 Å². The van der Waals surface area contributed by atoms with Crippen molar-refractivity contribution < 1.29 is 4.42 Å². The summed E-state index contributed by atoms with van der Waals surface area (Å²) < 4.78 is 8.62. The third-order valence-corrected chi connectivity index (χ3v) is 12.0. The largest absolute Gasteiger partial charge is 0.456 e. The Morgan fingerprint density at radius 2 is 0.831 bits per heavy atom. The van der Waals surface area contributed by atoms with Crippen LogP contribution >= 0.6 is 0 Å². The molecule has 12 aromatic rings. The quantitative estimate of drug-likeness (QED) is 0.158. The second-order valence-corrected chi connectivity index (χ2v) is 15.3. The summed E-state index contributed by atoms with van der Waals surface area (Å²) in [7, 11) is 0. The van der Waals surface area contributed by atoms with E-state index in [1.165, 1.54) is 54.5 Å². The lowest BCUT2D eigenvalue weighted by Gasteiger charge is -2.26. The van der Waals surface area contributed by atoms with Gasteiger partial charge in [0.1, 0.15) is 11.2 Å². The van der Waals surface area contributed by atoms with Gasteiger partial charge in [-0.25, -0.2) is 0 Å². The Bertz CT molecular complexity index is 3480. The van der Waals surface area contributed by atoms with Gasteiger partial charge in [0.05, 0.1) is 11.0 Å². The standard InChI is InChI=1S/C56H36N2O/c1-2-13-44-39(12-1)36-51(47-15-4-3-14-46(44)47)38-26-30-41(31-27-38)57(40-28-24-37(25-29-40)45-19-11-23-55-56(45)50-18-7-10-22-54(50)59-55)42-32-34-43(35-33-42)58-52-20-8-5-16-48(52)49-17-6-9-21-53(49)58/h1-36H. The first-order valence-corrected chi connectivity index (χ1v) is 20.2. The lowest BCUT2D eigenvalue weighted by atomic mass is 9.93. The van der Waals surface area contributed by atoms with Crippen LogP contribution < -0.4 is 4.90 Å². The number of benzene rings is 10. The van der Waals surface area contributed by atoms with Crippen molar-refractivity contribution in [2.24, 2.45) is 0 Å². The van der Waals surface area contributed by atoms with E-state index in [2.05, 4.69) is 216 Å². The molecule has 0 saturated heterocycles. The van der Waals surface area contributed by atoms with Gasteiger partial charge in [0.2, 0.25) is 0 Å². The number of rotatable bonds is 6. The average molecular weight is 753 g/mol. The van der Waals surface area contributed by atoms with E-state index in [4.69, 9.17) is 4.42 Å². The van der Waals surface area contributed by atoms with Crippen LogP contribution in [0, 0.1) is 0 Å². The molecule has 3 nitrogen and oxygen atoms in total. The molecule has 0 fully saturated rings. The average Bonchev–Trinajstić information content (AvgIpc) is 3.86. The molecule has 0 unspecified atom stereocenters. The fourth-order valence-corrected chi connectivity index (χ4v) is 9.29. The third kappa shape index (κ3) is 5.36. The van der Waals surface area contributed by atoms with E-state index in [1.807, 2.05) is 12.1 Å². The summed E-state index contributed by atoms with van der Waals surface area (Å²) >= 11 is 0. The first-order valence-electron chi connectivity index (χ1n) is 20.2. The van der Waals surface area contributed by atoms with Gasteiger partial charge in [-0.2, -0.15) is 0 Å². The summed E-state index contributed by atoms with van der Waals surface area (Å²) in [6.07, 6.45) is 0. The van der Waals surface area contributed by atoms with Crippen LogP contribution in [0.1, 0.15) is 0 Å². The number of anilines is 3. The number of fused-ring (bicyclic) bond motifs is 9. The highest BCUT2D eigenvalue weighted by Gasteiger charge is 2.18. The molecule has 276 valence electrons. The van der Waals surface area contributed by atoms with E-state index in [9.17, 15) is 0 Å². The fourth-order valence-electron chi connectivity index (χ4n) is 9.29. The van der Waals surface area contributed by atoms with Crippen molar-refractivity contribution in [2.45, 2.75) is 0 Å². The Balaban J connectivity index is 0.984. The smallest absolute Gasteiger partial charge is 0.136 e. The Morgan fingerprint density at radius 1 is 0.339 bits per heavy atom. The molecule has 2 heterocycles. The monoisotopic (exact) mass is 752 g/mol. The lowest BCUT2D eigenvalue weighted by molar-refractivity contribution is 0.669. The second kappa shape index (κ2) is 13.4. The first kappa shape index (κ1) is 33.3. The molecular formula is C56H36N2O. The van der Waals surface area contributed by atoms with Gasteiger partial charge in [0.25, 0.3) is 0 Å². The van der Waals surface area contributed by atoms with Crippen molar-refractivity contribution in [3.8, 4) is 27.9 Å². The van der Waals surface area contributed by atoms with Gasteiger partial charge < -0.3 is 13.9 Å². The topological polar surface area (TPSA) is 21.3 Å². The maximum absolute atomic E-state index is 6.25. The summed E-state index contributed by atoms with van der Waals surface area (Å²) in [6, 6.07) is 78.7. The highest BCUT2D eigenvalue weighted by Crippen LogP contribution is 2.42. The molecular weight excluding hydrogens is 717 g/mol. The molecule has 0 aliphatic heterocycles. The minimum absolute atomic E-state index is 0.900. The molecule has 0 radical (unpaired) electrons. The number of hydrogen-bond donors (Lipinski definition) is 0. The van der Waals surface area contributed by atoms with Crippen LogP contribution in [0.2, 0.25) is 0 Å². The molecule has 2 aromatic heterocycles. The maximum atomic E-state index is 6.25. The minimum Gasteiger partial charge on any atom is -0.456 e. The SMILES string of the molecule is c1ccc2c(c1)cc(-c1ccc(N(c3ccc(-c4cccc5oc6ccccc6c45)cc3)c3ccc(-n4c5ccccc5c5ccccc54)cc3)cc1)c1ccccc12. The predicted octanol–water partition coefficient (Wildman–Crippen LogP) is 15.8. The zero-order valence-electron chi connectivity index (χ0n) is 32.1. The molecule has 0 N–H and O–H groups in total. The summed E-state index contributed by atoms with van der Waals surface area (Å²) in [5, 5.41) is 9.84. The van der Waals surface area contributed by atoms with Crippen LogP contribution in [0.15, 0.2) is 223 Å². The van der Waals surface area contributed by atoms with Crippen molar-refractivity contribution in [3.05, 3.63) is 218 Å². The Kier molecular flexibility index (Phi) is 7.54. The normalized spacial score (nSPS) is 11.7. The number of para-hydroxylation sites is 3. The summed E-state index contributed by atoms with van der Waals surface area (Å²) in [6.45, 7) is 0. The van der Waals surface area contributed by atoms with Crippen LogP contribution in [0.3, 0.4) is 0 Å². The molecule has 0 spiro atoms. The highest BCUT2D eigenvalue weighted by molar-refractivity contribution is 6.14. The molecule has 12 rings (SSSR count). The van der Waals surface area contributed by atoms with Crippen molar-refractivity contribution in [3.63, 3.8) is 0 Å². The maximum Gasteiger partial charge on any atom is 0.136 e. The predicted molar refractivity (Wildman–Crippen MR) is 249 cm³/mol. The van der Waals surface area contributed by atoms with Gasteiger partial charge in [-0.15, -0.1) is 0 Å². The third-order valence-electron chi connectivity index (χ3n) is 12.0. The Morgan fingerprint density at radius 3 is 1.49 bits per heavy atom. The van der Waals surface area contributed by atoms with Gasteiger partial charge in [0, 0.05) is 44.3 Å². The van der Waals surface area contributed by atoms with Gasteiger partial charge in [-0.3, -0.25) is 0 Å². The van der Waals surface area contributed by atoms with Crippen LogP contribution in [-0.2, 0) is 0 Å². The van der Waals surface area contributed by atoms with E-state index < -0.39 is 0 Å².